The van der Waals surface area contributed by atoms with Gasteiger partial charge in [0, 0.05) is 0 Å². The molecule has 2 aromatic carbocycles. The Balaban J connectivity index is 2.04. The third-order valence-electron chi connectivity index (χ3n) is 2.75. The van der Waals surface area contributed by atoms with Gasteiger partial charge in [0.1, 0.15) is 12.1 Å². The van der Waals surface area contributed by atoms with Crippen molar-refractivity contribution in [2.24, 2.45) is 4.99 Å². The number of nitrogens with zero attached hydrogens (tertiary/aromatic N) is 1. The van der Waals surface area contributed by atoms with Gasteiger partial charge in [-0.3, -0.25) is 10.7 Å². The molecule has 0 saturated carbocycles. The highest BCUT2D eigenvalue weighted by atomic mass is 16.5. The molecule has 0 radical (unpaired) electrons. The summed E-state index contributed by atoms with van der Waals surface area (Å²) in [5.74, 6) is 0.849. The summed E-state index contributed by atoms with van der Waals surface area (Å²) < 4.78 is 5.12. The zero-order valence-corrected chi connectivity index (χ0v) is 11.2. The van der Waals surface area contributed by atoms with Gasteiger partial charge in [-0.2, -0.15) is 0 Å². The van der Waals surface area contributed by atoms with E-state index in [0.29, 0.717) is 0 Å². The Morgan fingerprint density at radius 3 is 2.00 bits per heavy atom. The average molecular weight is 268 g/mol. The van der Waals surface area contributed by atoms with E-state index in [1.165, 1.54) is 6.34 Å². The number of aliphatic imine (C=N–C) groups is 1. The summed E-state index contributed by atoms with van der Waals surface area (Å²) in [5.41, 5.74) is 4.83. The Kier molecular flexibility index (Phi) is 4.92. The molecule has 0 unspecified atom stereocenters. The monoisotopic (exact) mass is 268 g/mol. The molecule has 0 saturated heterocycles. The Bertz CT molecular complexity index is 587. The van der Waals surface area contributed by atoms with E-state index in [9.17, 15) is 0 Å². The van der Waals surface area contributed by atoms with E-state index >= 15 is 0 Å². The van der Waals surface area contributed by atoms with E-state index in [1.54, 1.807) is 7.11 Å². The second-order valence-electron chi connectivity index (χ2n) is 4.09. The number of hydrogen-bond acceptors (Lipinski definition) is 3. The average Bonchev–Trinajstić information content (AvgIpc) is 2.52. The van der Waals surface area contributed by atoms with Crippen LogP contribution in [0.3, 0.4) is 0 Å². The van der Waals surface area contributed by atoms with Crippen LogP contribution in [0.25, 0.3) is 12.2 Å². The van der Waals surface area contributed by atoms with E-state index in [2.05, 4.69) is 4.99 Å². The first kappa shape index (κ1) is 13.8. The first-order chi connectivity index (χ1) is 9.81. The van der Waals surface area contributed by atoms with E-state index in [4.69, 9.17) is 9.94 Å². The lowest BCUT2D eigenvalue weighted by Gasteiger charge is -1.99. The summed E-state index contributed by atoms with van der Waals surface area (Å²) in [6, 6.07) is 15.5. The molecule has 0 heterocycles. The lowest BCUT2D eigenvalue weighted by Crippen LogP contribution is -2.00. The van der Waals surface area contributed by atoms with Gasteiger partial charge in [0.2, 0.25) is 0 Å². The summed E-state index contributed by atoms with van der Waals surface area (Å²) in [6.45, 7) is 0. The molecule has 0 aliphatic rings. The highest BCUT2D eigenvalue weighted by Crippen LogP contribution is 2.16. The van der Waals surface area contributed by atoms with Gasteiger partial charge in [-0.05, 0) is 35.4 Å². The Morgan fingerprint density at radius 2 is 1.50 bits per heavy atom. The minimum Gasteiger partial charge on any atom is -0.497 e. The molecule has 0 aliphatic heterocycles. The maximum Gasteiger partial charge on any atom is 0.118 e. The maximum absolute atomic E-state index is 8.41. The van der Waals surface area contributed by atoms with E-state index in [-0.39, 0.29) is 0 Å². The Hall–Kier alpha value is -2.59. The SMILES string of the molecule is COc1ccc(/C=C/c2ccc(N=CNO)cc2)cc1. The zero-order chi connectivity index (χ0) is 14.2. The fourth-order valence-electron chi connectivity index (χ4n) is 1.68. The van der Waals surface area contributed by atoms with Gasteiger partial charge in [-0.15, -0.1) is 0 Å². The molecule has 0 fully saturated rings. The first-order valence-corrected chi connectivity index (χ1v) is 6.16. The second kappa shape index (κ2) is 7.11. The van der Waals surface area contributed by atoms with Crippen LogP contribution in [0.15, 0.2) is 53.5 Å². The molecule has 102 valence electrons. The largest absolute Gasteiger partial charge is 0.497 e. The van der Waals surface area contributed by atoms with E-state index in [1.807, 2.05) is 66.2 Å². The van der Waals surface area contributed by atoms with Crippen LogP contribution in [0.2, 0.25) is 0 Å². The van der Waals surface area contributed by atoms with Crippen LogP contribution in [-0.2, 0) is 0 Å². The van der Waals surface area contributed by atoms with Crippen molar-refractivity contribution in [1.82, 2.24) is 5.48 Å². The molecule has 4 nitrogen and oxygen atoms in total. The molecule has 20 heavy (non-hydrogen) atoms. The van der Waals surface area contributed by atoms with Crippen LogP contribution in [-0.4, -0.2) is 18.7 Å². The fraction of sp³-hybridized carbons (Fsp3) is 0.0625. The van der Waals surface area contributed by atoms with Crippen molar-refractivity contribution >= 4 is 24.2 Å². The molecule has 0 atom stereocenters. The molecule has 0 amide bonds. The van der Waals surface area contributed by atoms with E-state index in [0.717, 1.165) is 22.6 Å². The normalized spacial score (nSPS) is 11.1. The smallest absolute Gasteiger partial charge is 0.118 e. The number of nitrogens with one attached hydrogen (secondary N) is 1. The summed E-state index contributed by atoms with van der Waals surface area (Å²) in [7, 11) is 1.65. The Morgan fingerprint density at radius 1 is 0.950 bits per heavy atom. The van der Waals surface area contributed by atoms with Crippen molar-refractivity contribution in [3.05, 3.63) is 59.7 Å². The minimum absolute atomic E-state index is 0.771. The highest BCUT2D eigenvalue weighted by molar-refractivity contribution is 5.70. The molecule has 2 aromatic rings. The van der Waals surface area contributed by atoms with Gasteiger partial charge in [0.05, 0.1) is 12.8 Å². The first-order valence-electron chi connectivity index (χ1n) is 6.16. The van der Waals surface area contributed by atoms with Crippen molar-refractivity contribution in [3.63, 3.8) is 0 Å². The fourth-order valence-corrected chi connectivity index (χ4v) is 1.68. The predicted octanol–water partition coefficient (Wildman–Crippen LogP) is 3.50. The van der Waals surface area contributed by atoms with Gasteiger partial charge < -0.3 is 4.74 Å². The standard InChI is InChI=1S/C16H16N2O2/c1-20-16-10-6-14(7-11-16)3-2-13-4-8-15(9-5-13)17-12-18-19/h2-12,19H,1H3,(H,17,18)/b3-2+. The summed E-state index contributed by atoms with van der Waals surface area (Å²) in [6.07, 6.45) is 5.29. The van der Waals surface area contributed by atoms with Crippen LogP contribution < -0.4 is 10.2 Å². The second-order valence-corrected chi connectivity index (χ2v) is 4.09. The van der Waals surface area contributed by atoms with Crippen molar-refractivity contribution < 1.29 is 9.94 Å². The molecular weight excluding hydrogens is 252 g/mol. The van der Waals surface area contributed by atoms with Gasteiger partial charge in [-0.1, -0.05) is 36.4 Å². The third kappa shape index (κ3) is 3.96. The summed E-state index contributed by atoms with van der Waals surface area (Å²) in [4.78, 5) is 3.98. The molecule has 2 N–H and O–H groups in total. The van der Waals surface area contributed by atoms with E-state index < -0.39 is 0 Å². The zero-order valence-electron chi connectivity index (χ0n) is 11.2. The topological polar surface area (TPSA) is 53.8 Å². The van der Waals surface area contributed by atoms with Crippen LogP contribution in [0.1, 0.15) is 11.1 Å². The molecular formula is C16H16N2O2. The molecule has 0 spiro atoms. The van der Waals surface area contributed by atoms with Crippen LogP contribution >= 0.6 is 0 Å². The molecule has 0 aromatic heterocycles. The van der Waals surface area contributed by atoms with Crippen molar-refractivity contribution in [1.29, 1.82) is 0 Å². The number of methoxy groups -OCH3 is 1. The highest BCUT2D eigenvalue weighted by Gasteiger charge is 1.92. The molecule has 4 heteroatoms. The lowest BCUT2D eigenvalue weighted by molar-refractivity contribution is 0.240. The summed E-state index contributed by atoms with van der Waals surface area (Å²) >= 11 is 0. The molecule has 0 aliphatic carbocycles. The van der Waals surface area contributed by atoms with Crippen LogP contribution in [0.4, 0.5) is 5.69 Å². The quantitative estimate of drug-likeness (QED) is 0.377. The van der Waals surface area contributed by atoms with Gasteiger partial charge >= 0.3 is 0 Å². The molecule has 2 rings (SSSR count). The minimum atomic E-state index is 0.771. The number of rotatable bonds is 5. The lowest BCUT2D eigenvalue weighted by atomic mass is 10.1. The summed E-state index contributed by atoms with van der Waals surface area (Å²) in [5, 5.41) is 8.41. The van der Waals surface area contributed by atoms with Crippen molar-refractivity contribution in [3.8, 4) is 5.75 Å². The number of ether oxygens (including phenoxy) is 1. The molecule has 0 bridgehead atoms. The van der Waals surface area contributed by atoms with Crippen LogP contribution in [0.5, 0.6) is 5.75 Å². The maximum atomic E-state index is 8.41. The number of benzene rings is 2. The van der Waals surface area contributed by atoms with Gasteiger partial charge in [-0.25, -0.2) is 4.99 Å². The van der Waals surface area contributed by atoms with Crippen LogP contribution in [0, 0.1) is 0 Å². The predicted molar refractivity (Wildman–Crippen MR) is 81.4 cm³/mol. The van der Waals surface area contributed by atoms with Gasteiger partial charge in [0.15, 0.2) is 0 Å². The third-order valence-corrected chi connectivity index (χ3v) is 2.75. The number of hydrogen-bond donors (Lipinski definition) is 2. The Labute approximate surface area is 118 Å². The van der Waals surface area contributed by atoms with Crippen molar-refractivity contribution in [2.45, 2.75) is 0 Å². The number of hydroxylamine groups is 1. The van der Waals surface area contributed by atoms with Crippen molar-refractivity contribution in [2.75, 3.05) is 7.11 Å². The van der Waals surface area contributed by atoms with Gasteiger partial charge in [0.25, 0.3) is 0 Å².